The topological polar surface area (TPSA) is 17.1 Å². The Bertz CT molecular complexity index is 607. The van der Waals surface area contributed by atoms with E-state index in [4.69, 9.17) is 11.6 Å². The van der Waals surface area contributed by atoms with Crippen LogP contribution >= 0.6 is 23.4 Å². The van der Waals surface area contributed by atoms with E-state index in [0.717, 1.165) is 4.90 Å². The molecule has 98 valence electrons. The number of aryl methyl sites for hydroxylation is 2. The van der Waals surface area contributed by atoms with Gasteiger partial charge in [0.15, 0.2) is 5.78 Å². The predicted octanol–water partition coefficient (Wildman–Crippen LogP) is 4.93. The van der Waals surface area contributed by atoms with Crippen LogP contribution in [0.4, 0.5) is 0 Å². The third-order valence-corrected chi connectivity index (χ3v) is 4.36. The number of rotatable bonds is 4. The summed E-state index contributed by atoms with van der Waals surface area (Å²) in [7, 11) is 0. The van der Waals surface area contributed by atoms with E-state index in [1.54, 1.807) is 23.9 Å². The van der Waals surface area contributed by atoms with Crippen LogP contribution in [0, 0.1) is 13.8 Å². The van der Waals surface area contributed by atoms with E-state index in [1.807, 2.05) is 12.1 Å². The summed E-state index contributed by atoms with van der Waals surface area (Å²) >= 11 is 7.59. The van der Waals surface area contributed by atoms with Crippen molar-refractivity contribution < 1.29 is 4.79 Å². The highest BCUT2D eigenvalue weighted by atomic mass is 35.5. The minimum absolute atomic E-state index is 0.0662. The molecule has 0 aliphatic heterocycles. The average Bonchev–Trinajstić information content (AvgIpc) is 2.40. The van der Waals surface area contributed by atoms with Gasteiger partial charge in [-0.3, -0.25) is 4.79 Å². The van der Waals surface area contributed by atoms with E-state index < -0.39 is 0 Å². The first-order chi connectivity index (χ1) is 9.08. The molecule has 0 fully saturated rings. The number of halogens is 1. The summed E-state index contributed by atoms with van der Waals surface area (Å²) in [6.07, 6.45) is 0. The lowest BCUT2D eigenvalue weighted by Crippen LogP contribution is -2.03. The largest absolute Gasteiger partial charge is 0.293 e. The van der Waals surface area contributed by atoms with E-state index in [2.05, 4.69) is 32.0 Å². The number of ketones is 1. The first-order valence-corrected chi connectivity index (χ1v) is 7.42. The molecule has 0 aliphatic carbocycles. The molecule has 2 aromatic rings. The van der Waals surface area contributed by atoms with Crippen molar-refractivity contribution in [2.45, 2.75) is 18.7 Å². The zero-order valence-corrected chi connectivity index (χ0v) is 12.5. The van der Waals surface area contributed by atoms with Gasteiger partial charge >= 0.3 is 0 Å². The van der Waals surface area contributed by atoms with Gasteiger partial charge in [-0.05, 0) is 37.6 Å². The van der Waals surface area contributed by atoms with E-state index in [1.165, 1.54) is 11.1 Å². The molecule has 0 saturated carbocycles. The highest BCUT2D eigenvalue weighted by Gasteiger charge is 2.10. The predicted molar refractivity (Wildman–Crippen MR) is 82.4 cm³/mol. The second-order valence-electron chi connectivity index (χ2n) is 4.46. The van der Waals surface area contributed by atoms with Gasteiger partial charge in [0.05, 0.1) is 10.8 Å². The molecule has 2 aromatic carbocycles. The first-order valence-electron chi connectivity index (χ1n) is 6.05. The molecule has 3 heteroatoms. The summed E-state index contributed by atoms with van der Waals surface area (Å²) in [5, 5.41) is 0.522. The van der Waals surface area contributed by atoms with Crippen LogP contribution in [0.25, 0.3) is 0 Å². The monoisotopic (exact) mass is 290 g/mol. The molecule has 0 heterocycles. The molecule has 2 rings (SSSR count). The maximum atomic E-state index is 12.1. The Labute approximate surface area is 123 Å². The van der Waals surface area contributed by atoms with Crippen LogP contribution < -0.4 is 0 Å². The van der Waals surface area contributed by atoms with Gasteiger partial charge in [0, 0.05) is 10.5 Å². The van der Waals surface area contributed by atoms with Gasteiger partial charge in [-0.25, -0.2) is 0 Å². The molecule has 0 radical (unpaired) electrons. The summed E-state index contributed by atoms with van der Waals surface area (Å²) in [5.41, 5.74) is 3.00. The van der Waals surface area contributed by atoms with E-state index in [9.17, 15) is 4.79 Å². The summed E-state index contributed by atoms with van der Waals surface area (Å²) in [4.78, 5) is 13.3. The normalized spacial score (nSPS) is 10.5. The van der Waals surface area contributed by atoms with Gasteiger partial charge in [-0.1, -0.05) is 41.4 Å². The van der Waals surface area contributed by atoms with Gasteiger partial charge < -0.3 is 0 Å². The molecule has 0 aliphatic rings. The molecule has 0 N–H and O–H groups in total. The second kappa shape index (κ2) is 6.27. The fraction of sp³-hybridized carbons (Fsp3) is 0.188. The van der Waals surface area contributed by atoms with Crippen molar-refractivity contribution in [2.24, 2.45) is 0 Å². The summed E-state index contributed by atoms with van der Waals surface area (Å²) in [6, 6.07) is 13.5. The third-order valence-electron chi connectivity index (χ3n) is 2.88. The standard InChI is InChI=1S/C16H15ClOS/c1-11-7-8-12(2)16(9-11)19-10-15(18)13-5-3-4-6-14(13)17/h3-9H,10H2,1-2H3. The molecule has 0 saturated heterocycles. The lowest BCUT2D eigenvalue weighted by molar-refractivity contribution is 0.102. The molecule has 0 bridgehead atoms. The van der Waals surface area contributed by atoms with Gasteiger partial charge in [-0.2, -0.15) is 0 Å². The maximum Gasteiger partial charge on any atom is 0.174 e. The fourth-order valence-electron chi connectivity index (χ4n) is 1.77. The zero-order valence-electron chi connectivity index (χ0n) is 10.9. The van der Waals surface area contributed by atoms with Crippen LogP contribution in [-0.4, -0.2) is 11.5 Å². The van der Waals surface area contributed by atoms with Crippen molar-refractivity contribution in [3.05, 3.63) is 64.2 Å². The van der Waals surface area contributed by atoms with Crippen molar-refractivity contribution >= 4 is 29.1 Å². The van der Waals surface area contributed by atoms with Crippen molar-refractivity contribution in [3.63, 3.8) is 0 Å². The van der Waals surface area contributed by atoms with Crippen LogP contribution in [0.1, 0.15) is 21.5 Å². The Morgan fingerprint density at radius 3 is 2.63 bits per heavy atom. The Balaban J connectivity index is 2.09. The molecule has 19 heavy (non-hydrogen) atoms. The molecule has 0 amide bonds. The second-order valence-corrected chi connectivity index (χ2v) is 5.89. The highest BCUT2D eigenvalue weighted by molar-refractivity contribution is 8.00. The van der Waals surface area contributed by atoms with Crippen LogP contribution in [0.3, 0.4) is 0 Å². The number of Topliss-reactive ketones (excluding diaryl/α,β-unsaturated/α-hetero) is 1. The Hall–Kier alpha value is -1.25. The van der Waals surface area contributed by atoms with Gasteiger partial charge in [0.25, 0.3) is 0 Å². The van der Waals surface area contributed by atoms with Crippen molar-refractivity contribution in [1.29, 1.82) is 0 Å². The zero-order chi connectivity index (χ0) is 13.8. The number of thioether (sulfide) groups is 1. The number of hydrogen-bond donors (Lipinski definition) is 0. The van der Waals surface area contributed by atoms with E-state index in [-0.39, 0.29) is 5.78 Å². The summed E-state index contributed by atoms with van der Waals surface area (Å²) in [6.45, 7) is 4.11. The summed E-state index contributed by atoms with van der Waals surface area (Å²) < 4.78 is 0. The maximum absolute atomic E-state index is 12.1. The smallest absolute Gasteiger partial charge is 0.174 e. The molecular formula is C16H15ClOS. The van der Waals surface area contributed by atoms with Crippen LogP contribution in [-0.2, 0) is 0 Å². The molecular weight excluding hydrogens is 276 g/mol. The molecule has 0 spiro atoms. The Morgan fingerprint density at radius 2 is 1.89 bits per heavy atom. The van der Waals surface area contributed by atoms with Crippen molar-refractivity contribution in [1.82, 2.24) is 0 Å². The van der Waals surface area contributed by atoms with Crippen LogP contribution in [0.15, 0.2) is 47.4 Å². The lowest BCUT2D eigenvalue weighted by atomic mass is 10.1. The highest BCUT2D eigenvalue weighted by Crippen LogP contribution is 2.25. The van der Waals surface area contributed by atoms with Gasteiger partial charge in [-0.15, -0.1) is 11.8 Å². The van der Waals surface area contributed by atoms with Crippen molar-refractivity contribution in [2.75, 3.05) is 5.75 Å². The van der Waals surface area contributed by atoms with E-state index >= 15 is 0 Å². The Morgan fingerprint density at radius 1 is 1.16 bits per heavy atom. The third kappa shape index (κ3) is 3.62. The number of carbonyl (C=O) groups excluding carboxylic acids is 1. The van der Waals surface area contributed by atoms with Gasteiger partial charge in [0.1, 0.15) is 0 Å². The number of benzene rings is 2. The molecule has 0 atom stereocenters. The van der Waals surface area contributed by atoms with Crippen LogP contribution in [0.2, 0.25) is 5.02 Å². The van der Waals surface area contributed by atoms with E-state index in [0.29, 0.717) is 16.3 Å². The Kier molecular flexibility index (Phi) is 4.67. The number of hydrogen-bond acceptors (Lipinski definition) is 2. The summed E-state index contributed by atoms with van der Waals surface area (Å²) in [5.74, 6) is 0.477. The molecule has 0 aromatic heterocycles. The van der Waals surface area contributed by atoms with Gasteiger partial charge in [0.2, 0.25) is 0 Å². The first kappa shape index (κ1) is 14.2. The SMILES string of the molecule is Cc1ccc(C)c(SCC(=O)c2ccccc2Cl)c1. The fourth-order valence-corrected chi connectivity index (χ4v) is 3.02. The average molecular weight is 291 g/mol. The lowest BCUT2D eigenvalue weighted by Gasteiger charge is -2.07. The minimum atomic E-state index is 0.0662. The number of carbonyl (C=O) groups is 1. The van der Waals surface area contributed by atoms with Crippen LogP contribution in [0.5, 0.6) is 0 Å². The molecule has 0 unspecified atom stereocenters. The minimum Gasteiger partial charge on any atom is -0.293 e. The quantitative estimate of drug-likeness (QED) is 0.586. The van der Waals surface area contributed by atoms with Crippen molar-refractivity contribution in [3.8, 4) is 0 Å². The molecule has 1 nitrogen and oxygen atoms in total.